The maximum Gasteiger partial charge on any atom is 0.0839 e. The molecule has 3 heteroatoms. The third kappa shape index (κ3) is 4.67. The molecule has 18 heavy (non-hydrogen) atoms. The van der Waals surface area contributed by atoms with E-state index >= 15 is 0 Å². The molecule has 0 spiro atoms. The van der Waals surface area contributed by atoms with E-state index in [4.69, 9.17) is 0 Å². The first-order chi connectivity index (χ1) is 8.71. The van der Waals surface area contributed by atoms with Crippen LogP contribution in [-0.4, -0.2) is 42.3 Å². The van der Waals surface area contributed by atoms with Crippen LogP contribution in [0.25, 0.3) is 0 Å². The van der Waals surface area contributed by atoms with E-state index in [9.17, 15) is 5.11 Å². The van der Waals surface area contributed by atoms with E-state index in [-0.39, 0.29) is 6.10 Å². The van der Waals surface area contributed by atoms with Gasteiger partial charge < -0.3 is 15.3 Å². The molecule has 1 aromatic rings. The Morgan fingerprint density at radius 1 is 1.17 bits per heavy atom. The Morgan fingerprint density at radius 2 is 1.83 bits per heavy atom. The van der Waals surface area contributed by atoms with Gasteiger partial charge in [-0.1, -0.05) is 39.0 Å². The maximum absolute atomic E-state index is 10.0. The molecular weight excluding hydrogens is 224 g/mol. The minimum atomic E-state index is -0.324. The lowest BCUT2D eigenvalue weighted by Gasteiger charge is -2.22. The number of nitrogens with zero attached hydrogens (tertiary/aromatic N) is 1. The van der Waals surface area contributed by atoms with Crippen LogP contribution in [0, 0.1) is 0 Å². The van der Waals surface area contributed by atoms with Crippen LogP contribution in [0.15, 0.2) is 24.3 Å². The highest BCUT2D eigenvalue weighted by molar-refractivity contribution is 5.51. The number of nitrogens with one attached hydrogen (secondary N) is 1. The van der Waals surface area contributed by atoms with Crippen LogP contribution in [0.2, 0.25) is 0 Å². The van der Waals surface area contributed by atoms with Crippen molar-refractivity contribution in [3.63, 3.8) is 0 Å². The molecule has 0 saturated heterocycles. The summed E-state index contributed by atoms with van der Waals surface area (Å²) in [5.74, 6) is 0. The monoisotopic (exact) mass is 250 g/mol. The van der Waals surface area contributed by atoms with Gasteiger partial charge in [0.2, 0.25) is 0 Å². The van der Waals surface area contributed by atoms with E-state index in [2.05, 4.69) is 49.2 Å². The molecule has 0 heterocycles. The number of hydrogen-bond acceptors (Lipinski definition) is 3. The molecule has 0 aliphatic rings. The summed E-state index contributed by atoms with van der Waals surface area (Å²) in [7, 11) is 0. The van der Waals surface area contributed by atoms with Crippen molar-refractivity contribution in [3.05, 3.63) is 29.8 Å². The number of anilines is 1. The molecule has 0 fully saturated rings. The fraction of sp³-hybridized carbons (Fsp3) is 0.600. The van der Waals surface area contributed by atoms with Crippen LogP contribution in [0.1, 0.15) is 26.3 Å². The molecule has 0 aliphatic heterocycles. The fourth-order valence-electron chi connectivity index (χ4n) is 2.07. The maximum atomic E-state index is 10.0. The number of aryl methyl sites for hydroxylation is 1. The number of hydrogen-bond donors (Lipinski definition) is 2. The lowest BCUT2D eigenvalue weighted by Crippen LogP contribution is -2.36. The van der Waals surface area contributed by atoms with Crippen LogP contribution >= 0.6 is 0 Å². The molecule has 0 saturated carbocycles. The molecule has 3 nitrogen and oxygen atoms in total. The Hall–Kier alpha value is -1.06. The van der Waals surface area contributed by atoms with Gasteiger partial charge in [-0.25, -0.2) is 0 Å². The average Bonchev–Trinajstić information content (AvgIpc) is 2.42. The van der Waals surface area contributed by atoms with E-state index in [0.717, 1.165) is 31.7 Å². The first-order valence-electron chi connectivity index (χ1n) is 6.93. The van der Waals surface area contributed by atoms with Gasteiger partial charge in [0.1, 0.15) is 0 Å². The number of rotatable bonds is 8. The number of para-hydroxylation sites is 1. The highest BCUT2D eigenvalue weighted by Crippen LogP contribution is 2.15. The molecule has 2 N–H and O–H groups in total. The van der Waals surface area contributed by atoms with E-state index < -0.39 is 0 Å². The van der Waals surface area contributed by atoms with Gasteiger partial charge in [-0.3, -0.25) is 0 Å². The van der Waals surface area contributed by atoms with Crippen molar-refractivity contribution in [2.24, 2.45) is 0 Å². The summed E-state index contributed by atoms with van der Waals surface area (Å²) >= 11 is 0. The number of likely N-dealkylation sites (N-methyl/N-ethyl adjacent to an activating group) is 1. The predicted molar refractivity (Wildman–Crippen MR) is 78.1 cm³/mol. The van der Waals surface area contributed by atoms with Gasteiger partial charge in [-0.15, -0.1) is 0 Å². The highest BCUT2D eigenvalue weighted by atomic mass is 16.3. The average molecular weight is 250 g/mol. The zero-order valence-electron chi connectivity index (χ0n) is 11.8. The zero-order chi connectivity index (χ0) is 13.4. The summed E-state index contributed by atoms with van der Waals surface area (Å²) in [5.41, 5.74) is 2.44. The third-order valence-corrected chi connectivity index (χ3v) is 3.29. The van der Waals surface area contributed by atoms with Gasteiger partial charge in [0.05, 0.1) is 6.10 Å². The van der Waals surface area contributed by atoms with Gasteiger partial charge in [0.25, 0.3) is 0 Å². The van der Waals surface area contributed by atoms with Gasteiger partial charge in [-0.05, 0) is 31.1 Å². The molecule has 0 bridgehead atoms. The molecule has 1 unspecified atom stereocenters. The lowest BCUT2D eigenvalue weighted by atomic mass is 10.1. The Balaban J connectivity index is 2.44. The lowest BCUT2D eigenvalue weighted by molar-refractivity contribution is 0.128. The van der Waals surface area contributed by atoms with Gasteiger partial charge in [0, 0.05) is 18.8 Å². The zero-order valence-corrected chi connectivity index (χ0v) is 11.8. The Kier molecular flexibility index (Phi) is 6.76. The molecule has 0 amide bonds. The van der Waals surface area contributed by atoms with Crippen LogP contribution in [0.4, 0.5) is 5.69 Å². The van der Waals surface area contributed by atoms with E-state index in [1.54, 1.807) is 0 Å². The smallest absolute Gasteiger partial charge is 0.0839 e. The Bertz CT molecular complexity index is 337. The third-order valence-electron chi connectivity index (χ3n) is 3.29. The number of aliphatic hydroxyl groups excluding tert-OH is 1. The standard InChI is InChI=1S/C15H26N2O/c1-4-13-9-7-8-10-15(13)16-11-14(18)12-17(5-2)6-3/h7-10,14,16,18H,4-6,11-12H2,1-3H3. The van der Waals surface area contributed by atoms with Crippen molar-refractivity contribution in [2.45, 2.75) is 33.3 Å². The molecule has 1 aromatic carbocycles. The van der Waals surface area contributed by atoms with Crippen LogP contribution in [0.5, 0.6) is 0 Å². The second-order valence-corrected chi connectivity index (χ2v) is 4.53. The second kappa shape index (κ2) is 8.11. The Labute approximate surface area is 111 Å². The summed E-state index contributed by atoms with van der Waals surface area (Å²) in [6.07, 6.45) is 0.685. The van der Waals surface area contributed by atoms with E-state index in [0.29, 0.717) is 6.54 Å². The topological polar surface area (TPSA) is 35.5 Å². The largest absolute Gasteiger partial charge is 0.390 e. The quantitative estimate of drug-likeness (QED) is 0.743. The fourth-order valence-corrected chi connectivity index (χ4v) is 2.07. The molecule has 1 atom stereocenters. The van der Waals surface area contributed by atoms with Gasteiger partial charge in [-0.2, -0.15) is 0 Å². The van der Waals surface area contributed by atoms with Crippen LogP contribution in [-0.2, 0) is 6.42 Å². The minimum absolute atomic E-state index is 0.324. The first kappa shape index (κ1) is 15.0. The van der Waals surface area contributed by atoms with Crippen molar-refractivity contribution in [1.82, 2.24) is 4.90 Å². The van der Waals surface area contributed by atoms with Crippen molar-refractivity contribution >= 4 is 5.69 Å². The highest BCUT2D eigenvalue weighted by Gasteiger charge is 2.09. The van der Waals surface area contributed by atoms with Crippen LogP contribution in [0.3, 0.4) is 0 Å². The normalized spacial score (nSPS) is 12.7. The van der Waals surface area contributed by atoms with E-state index in [1.807, 2.05) is 6.07 Å². The number of benzene rings is 1. The summed E-state index contributed by atoms with van der Waals surface area (Å²) in [6, 6.07) is 8.27. The summed E-state index contributed by atoms with van der Waals surface area (Å²) in [5, 5.41) is 13.3. The SMILES string of the molecule is CCc1ccccc1NCC(O)CN(CC)CC. The summed E-state index contributed by atoms with van der Waals surface area (Å²) in [4.78, 5) is 2.23. The molecule has 0 radical (unpaired) electrons. The Morgan fingerprint density at radius 3 is 2.44 bits per heavy atom. The molecule has 102 valence electrons. The van der Waals surface area contributed by atoms with Crippen molar-refractivity contribution in [1.29, 1.82) is 0 Å². The van der Waals surface area contributed by atoms with Crippen LogP contribution < -0.4 is 5.32 Å². The molecule has 1 rings (SSSR count). The molecular formula is C15H26N2O. The van der Waals surface area contributed by atoms with Gasteiger partial charge >= 0.3 is 0 Å². The molecule has 0 aliphatic carbocycles. The van der Waals surface area contributed by atoms with Crippen molar-refractivity contribution < 1.29 is 5.11 Å². The first-order valence-corrected chi connectivity index (χ1v) is 6.93. The summed E-state index contributed by atoms with van der Waals surface area (Å²) in [6.45, 7) is 9.69. The predicted octanol–water partition coefficient (Wildman–Crippen LogP) is 2.36. The van der Waals surface area contributed by atoms with Crippen molar-refractivity contribution in [3.8, 4) is 0 Å². The van der Waals surface area contributed by atoms with Gasteiger partial charge in [0.15, 0.2) is 0 Å². The second-order valence-electron chi connectivity index (χ2n) is 4.53. The van der Waals surface area contributed by atoms with Crippen molar-refractivity contribution in [2.75, 3.05) is 31.5 Å². The summed E-state index contributed by atoms with van der Waals surface area (Å²) < 4.78 is 0. The number of aliphatic hydroxyl groups is 1. The molecule has 0 aromatic heterocycles. The van der Waals surface area contributed by atoms with E-state index in [1.165, 1.54) is 5.56 Å². The minimum Gasteiger partial charge on any atom is -0.390 e.